The van der Waals surface area contributed by atoms with Gasteiger partial charge < -0.3 is 20.5 Å². The van der Waals surface area contributed by atoms with E-state index in [1.807, 2.05) is 13.8 Å². The number of benzene rings is 1. The topological polar surface area (TPSA) is 73.6 Å². The number of carbonyl (C=O) groups is 1. The van der Waals surface area contributed by atoms with Crippen LogP contribution in [0.1, 0.15) is 20.3 Å². The van der Waals surface area contributed by atoms with Gasteiger partial charge in [0.05, 0.1) is 18.8 Å². The highest BCUT2D eigenvalue weighted by Gasteiger charge is 2.21. The maximum Gasteiger partial charge on any atom is 0.387 e. The van der Waals surface area contributed by atoms with Crippen LogP contribution in [-0.4, -0.2) is 25.7 Å². The zero-order chi connectivity index (χ0) is 16.0. The summed E-state index contributed by atoms with van der Waals surface area (Å²) in [6, 6.07) is 3.43. The molecule has 1 amide bonds. The first kappa shape index (κ1) is 17.2. The quantitative estimate of drug-likeness (QED) is 0.812. The number of hydrogen-bond acceptors (Lipinski definition) is 4. The van der Waals surface area contributed by atoms with E-state index in [9.17, 15) is 13.6 Å². The summed E-state index contributed by atoms with van der Waals surface area (Å²) in [5.74, 6) is -0.230. The SMILES string of the molecule is CC[C@H](C)[C@H](N)C(=O)Nc1cc(OC)ccc1OC(F)F. The summed E-state index contributed by atoms with van der Waals surface area (Å²) in [4.78, 5) is 12.0. The summed E-state index contributed by atoms with van der Waals surface area (Å²) in [5.41, 5.74) is 5.90. The zero-order valence-corrected chi connectivity index (χ0v) is 12.2. The lowest BCUT2D eigenvalue weighted by Crippen LogP contribution is -2.40. The minimum atomic E-state index is -2.99. The van der Waals surface area contributed by atoms with Gasteiger partial charge in [-0.1, -0.05) is 20.3 Å². The monoisotopic (exact) mass is 302 g/mol. The highest BCUT2D eigenvalue weighted by atomic mass is 19.3. The number of ether oxygens (including phenoxy) is 2. The maximum atomic E-state index is 12.4. The molecule has 1 aromatic carbocycles. The van der Waals surface area contributed by atoms with Gasteiger partial charge in [0.1, 0.15) is 11.5 Å². The minimum absolute atomic E-state index is 0.0323. The smallest absolute Gasteiger partial charge is 0.387 e. The predicted molar refractivity (Wildman–Crippen MR) is 75.7 cm³/mol. The fourth-order valence-electron chi connectivity index (χ4n) is 1.66. The highest BCUT2D eigenvalue weighted by Crippen LogP contribution is 2.30. The maximum absolute atomic E-state index is 12.4. The highest BCUT2D eigenvalue weighted by molar-refractivity contribution is 5.96. The van der Waals surface area contributed by atoms with Crippen LogP contribution in [0.5, 0.6) is 11.5 Å². The number of carbonyl (C=O) groups excluding carboxylic acids is 1. The van der Waals surface area contributed by atoms with Crippen LogP contribution in [0.3, 0.4) is 0 Å². The standard InChI is InChI=1S/C14H20F2N2O3/c1-4-8(2)12(17)13(19)18-10-7-9(20-3)5-6-11(10)21-14(15)16/h5-8,12,14H,4,17H2,1-3H3,(H,18,19)/t8-,12-/m0/s1. The molecule has 0 bridgehead atoms. The van der Waals surface area contributed by atoms with Gasteiger partial charge in [-0.2, -0.15) is 8.78 Å². The Balaban J connectivity index is 2.95. The van der Waals surface area contributed by atoms with E-state index in [0.29, 0.717) is 5.75 Å². The lowest BCUT2D eigenvalue weighted by atomic mass is 9.99. The van der Waals surface area contributed by atoms with Gasteiger partial charge in [-0.05, 0) is 18.1 Å². The number of nitrogens with two attached hydrogens (primary N) is 1. The molecule has 1 aromatic rings. The van der Waals surface area contributed by atoms with Gasteiger partial charge in [0.25, 0.3) is 0 Å². The van der Waals surface area contributed by atoms with Crippen LogP contribution >= 0.6 is 0 Å². The number of rotatable bonds is 7. The molecule has 0 saturated heterocycles. The number of alkyl halides is 2. The van der Waals surface area contributed by atoms with Crippen LogP contribution < -0.4 is 20.5 Å². The van der Waals surface area contributed by atoms with Crippen LogP contribution in [0.25, 0.3) is 0 Å². The molecule has 2 atom stereocenters. The summed E-state index contributed by atoms with van der Waals surface area (Å²) < 4.78 is 34.1. The van der Waals surface area contributed by atoms with Crippen molar-refractivity contribution in [3.8, 4) is 11.5 Å². The van der Waals surface area contributed by atoms with Crippen LogP contribution in [0, 0.1) is 5.92 Å². The summed E-state index contributed by atoms with van der Waals surface area (Å²) in [5, 5.41) is 2.50. The van der Waals surface area contributed by atoms with Crippen LogP contribution in [-0.2, 0) is 4.79 Å². The summed E-state index contributed by atoms with van der Waals surface area (Å²) in [6.07, 6.45) is 0.729. The van der Waals surface area contributed by atoms with E-state index in [2.05, 4.69) is 10.1 Å². The Morgan fingerprint density at radius 2 is 2.10 bits per heavy atom. The van der Waals surface area contributed by atoms with Crippen LogP contribution in [0.4, 0.5) is 14.5 Å². The number of amides is 1. The Hall–Kier alpha value is -1.89. The number of halogens is 2. The van der Waals surface area contributed by atoms with E-state index in [-0.39, 0.29) is 17.4 Å². The first-order valence-corrected chi connectivity index (χ1v) is 6.58. The van der Waals surface area contributed by atoms with Gasteiger partial charge in [0.15, 0.2) is 0 Å². The van der Waals surface area contributed by atoms with Gasteiger partial charge in [-0.3, -0.25) is 4.79 Å². The molecule has 0 aliphatic carbocycles. The van der Waals surface area contributed by atoms with Gasteiger partial charge in [0.2, 0.25) is 5.91 Å². The summed E-state index contributed by atoms with van der Waals surface area (Å²) in [7, 11) is 1.43. The van der Waals surface area contributed by atoms with E-state index in [0.717, 1.165) is 6.42 Å². The Kier molecular flexibility index (Phi) is 6.36. The Bertz CT molecular complexity index is 483. The molecule has 0 aliphatic heterocycles. The summed E-state index contributed by atoms with van der Waals surface area (Å²) in [6.45, 7) is 0.762. The predicted octanol–water partition coefficient (Wildman–Crippen LogP) is 2.61. The molecule has 7 heteroatoms. The third-order valence-electron chi connectivity index (χ3n) is 3.22. The fourth-order valence-corrected chi connectivity index (χ4v) is 1.66. The Morgan fingerprint density at radius 3 is 2.62 bits per heavy atom. The first-order valence-electron chi connectivity index (χ1n) is 6.58. The molecule has 118 valence electrons. The molecule has 0 saturated carbocycles. The van der Waals surface area contributed by atoms with Crippen molar-refractivity contribution in [1.29, 1.82) is 0 Å². The second-order valence-electron chi connectivity index (χ2n) is 4.64. The van der Waals surface area contributed by atoms with E-state index in [1.54, 1.807) is 0 Å². The second-order valence-corrected chi connectivity index (χ2v) is 4.64. The average Bonchev–Trinajstić information content (AvgIpc) is 2.46. The van der Waals surface area contributed by atoms with Crippen LogP contribution in [0.2, 0.25) is 0 Å². The first-order chi connectivity index (χ1) is 9.88. The second kappa shape index (κ2) is 7.78. The molecular formula is C14H20F2N2O3. The van der Waals surface area contributed by atoms with Gasteiger partial charge in [-0.25, -0.2) is 0 Å². The molecule has 0 fully saturated rings. The molecule has 0 unspecified atom stereocenters. The Labute approximate surface area is 122 Å². The largest absolute Gasteiger partial charge is 0.497 e. The van der Waals surface area contributed by atoms with E-state index in [1.165, 1.54) is 25.3 Å². The van der Waals surface area contributed by atoms with E-state index >= 15 is 0 Å². The van der Waals surface area contributed by atoms with Crippen molar-refractivity contribution in [2.45, 2.75) is 32.9 Å². The summed E-state index contributed by atoms with van der Waals surface area (Å²) >= 11 is 0. The Morgan fingerprint density at radius 1 is 1.43 bits per heavy atom. The van der Waals surface area contributed by atoms with Crippen molar-refractivity contribution in [3.05, 3.63) is 18.2 Å². The molecule has 0 heterocycles. The third-order valence-corrected chi connectivity index (χ3v) is 3.22. The third kappa shape index (κ3) is 4.86. The van der Waals surface area contributed by atoms with Crippen molar-refractivity contribution in [2.24, 2.45) is 11.7 Å². The molecule has 0 aromatic heterocycles. The van der Waals surface area contributed by atoms with Gasteiger partial charge >= 0.3 is 6.61 Å². The molecule has 1 rings (SSSR count). The average molecular weight is 302 g/mol. The number of methoxy groups -OCH3 is 1. The zero-order valence-electron chi connectivity index (χ0n) is 12.2. The molecule has 0 spiro atoms. The lowest BCUT2D eigenvalue weighted by molar-refractivity contribution is -0.118. The molecule has 21 heavy (non-hydrogen) atoms. The normalized spacial score (nSPS) is 13.7. The molecule has 0 aliphatic rings. The van der Waals surface area contributed by atoms with E-state index < -0.39 is 18.6 Å². The van der Waals surface area contributed by atoms with Crippen LogP contribution in [0.15, 0.2) is 18.2 Å². The van der Waals surface area contributed by atoms with Crippen molar-refractivity contribution in [3.63, 3.8) is 0 Å². The van der Waals surface area contributed by atoms with Crippen molar-refractivity contribution >= 4 is 11.6 Å². The molecular weight excluding hydrogens is 282 g/mol. The molecule has 5 nitrogen and oxygen atoms in total. The van der Waals surface area contributed by atoms with Crippen molar-refractivity contribution in [2.75, 3.05) is 12.4 Å². The number of nitrogens with one attached hydrogen (secondary N) is 1. The van der Waals surface area contributed by atoms with Crippen molar-refractivity contribution in [1.82, 2.24) is 0 Å². The minimum Gasteiger partial charge on any atom is -0.497 e. The van der Waals surface area contributed by atoms with Gasteiger partial charge in [0, 0.05) is 6.07 Å². The molecule has 0 radical (unpaired) electrons. The fraction of sp³-hybridized carbons (Fsp3) is 0.500. The van der Waals surface area contributed by atoms with E-state index in [4.69, 9.17) is 10.5 Å². The lowest BCUT2D eigenvalue weighted by Gasteiger charge is -2.19. The number of anilines is 1. The number of hydrogen-bond donors (Lipinski definition) is 2. The van der Waals surface area contributed by atoms with Crippen molar-refractivity contribution < 1.29 is 23.0 Å². The molecule has 3 N–H and O–H groups in total. The van der Waals surface area contributed by atoms with Gasteiger partial charge in [-0.15, -0.1) is 0 Å².